The largest absolute Gasteiger partial charge is 0.424 e. The number of benzene rings is 1. The molecular formula is C28H29ClN6O. The van der Waals surface area contributed by atoms with Crippen molar-refractivity contribution in [2.75, 3.05) is 14.1 Å². The average Bonchev–Trinajstić information content (AvgIpc) is 3.61. The van der Waals surface area contributed by atoms with E-state index in [1.54, 1.807) is 12.4 Å². The summed E-state index contributed by atoms with van der Waals surface area (Å²) in [5.74, 6) is 1.63. The number of nitrogens with zero attached hydrogens (tertiary/aromatic N) is 5. The fraction of sp³-hybridized carbons (Fsp3) is 0.321. The van der Waals surface area contributed by atoms with E-state index in [1.165, 1.54) is 0 Å². The lowest BCUT2D eigenvalue weighted by molar-refractivity contribution is 0.165. The van der Waals surface area contributed by atoms with Gasteiger partial charge >= 0.3 is 0 Å². The van der Waals surface area contributed by atoms with Gasteiger partial charge in [0.2, 0.25) is 5.88 Å². The van der Waals surface area contributed by atoms with Crippen LogP contribution >= 0.6 is 11.6 Å². The molecule has 184 valence electrons. The Bertz CT molecular complexity index is 1410. The third-order valence-corrected chi connectivity index (χ3v) is 7.53. The van der Waals surface area contributed by atoms with Gasteiger partial charge in [0.05, 0.1) is 5.92 Å². The first kappa shape index (κ1) is 24.0. The molecule has 1 saturated carbocycles. The zero-order chi connectivity index (χ0) is 25.6. The summed E-state index contributed by atoms with van der Waals surface area (Å²) >= 11 is 6.99. The van der Waals surface area contributed by atoms with Crippen molar-refractivity contribution in [3.63, 3.8) is 0 Å². The standard InChI is InChI=1S/C28H29ClN6O/c1-28(2,17-8-9-17)24-23(20(16-30)25(31)36-27(24)34(3)4)19-11-10-18(15-21(19)29)35-14-13-33-26(35)22-7-5-6-12-32-22/h5-7,10-15,17,23H,8-9,31H2,1-4H3. The Labute approximate surface area is 216 Å². The zero-order valence-corrected chi connectivity index (χ0v) is 21.6. The highest BCUT2D eigenvalue weighted by Crippen LogP contribution is 2.57. The van der Waals surface area contributed by atoms with Crippen LogP contribution in [0.3, 0.4) is 0 Å². The number of hydrogen-bond acceptors (Lipinski definition) is 6. The Kier molecular flexibility index (Phi) is 6.01. The van der Waals surface area contributed by atoms with Gasteiger partial charge in [-0.15, -0.1) is 0 Å². The van der Waals surface area contributed by atoms with Gasteiger partial charge in [0, 0.05) is 49.0 Å². The van der Waals surface area contributed by atoms with Crippen LogP contribution in [0.5, 0.6) is 0 Å². The fourth-order valence-electron chi connectivity index (χ4n) is 5.16. The molecule has 0 amide bonds. The summed E-state index contributed by atoms with van der Waals surface area (Å²) in [4.78, 5) is 10.9. The first-order valence-electron chi connectivity index (χ1n) is 12.0. The first-order chi connectivity index (χ1) is 17.2. The summed E-state index contributed by atoms with van der Waals surface area (Å²) in [6.07, 6.45) is 7.66. The molecule has 1 fully saturated rings. The molecule has 8 heteroatoms. The van der Waals surface area contributed by atoms with Gasteiger partial charge in [0.15, 0.2) is 11.7 Å². The van der Waals surface area contributed by atoms with Gasteiger partial charge in [-0.1, -0.05) is 37.6 Å². The number of nitrogens with two attached hydrogens (primary N) is 1. The highest BCUT2D eigenvalue weighted by atomic mass is 35.5. The van der Waals surface area contributed by atoms with E-state index in [0.717, 1.165) is 41.2 Å². The number of allylic oxidation sites excluding steroid dienone is 2. The molecule has 3 aromatic rings. The molecule has 2 N–H and O–H groups in total. The van der Waals surface area contributed by atoms with E-state index in [2.05, 4.69) is 29.9 Å². The summed E-state index contributed by atoms with van der Waals surface area (Å²) in [7, 11) is 3.87. The Morgan fingerprint density at radius 2 is 1.94 bits per heavy atom. The maximum absolute atomic E-state index is 10.1. The predicted octanol–water partition coefficient (Wildman–Crippen LogP) is 5.60. The van der Waals surface area contributed by atoms with Gasteiger partial charge in [-0.2, -0.15) is 5.26 Å². The highest BCUT2D eigenvalue weighted by Gasteiger charge is 2.48. The lowest BCUT2D eigenvalue weighted by Gasteiger charge is -2.40. The van der Waals surface area contributed by atoms with Crippen LogP contribution in [-0.4, -0.2) is 33.5 Å². The minimum Gasteiger partial charge on any atom is -0.424 e. The molecule has 0 bridgehead atoms. The van der Waals surface area contributed by atoms with E-state index in [1.807, 2.05) is 66.2 Å². The Morgan fingerprint density at radius 3 is 2.56 bits per heavy atom. The zero-order valence-electron chi connectivity index (χ0n) is 20.9. The SMILES string of the molecule is CN(C)C1=C(C(C)(C)C2CC2)C(c2ccc(-n3ccnc3-c3ccccn3)cc2Cl)C(C#N)=C(N)O1. The molecule has 1 atom stereocenters. The Morgan fingerprint density at radius 1 is 1.17 bits per heavy atom. The summed E-state index contributed by atoms with van der Waals surface area (Å²) in [6, 6.07) is 13.9. The maximum Gasteiger partial charge on any atom is 0.207 e. The van der Waals surface area contributed by atoms with Crippen LogP contribution in [0.1, 0.15) is 38.2 Å². The summed E-state index contributed by atoms with van der Waals surface area (Å²) in [5, 5.41) is 10.7. The van der Waals surface area contributed by atoms with E-state index < -0.39 is 5.92 Å². The molecule has 0 radical (unpaired) electrons. The Hall–Kier alpha value is -3.76. The molecule has 1 aliphatic heterocycles. The van der Waals surface area contributed by atoms with E-state index in [4.69, 9.17) is 22.1 Å². The van der Waals surface area contributed by atoms with Crippen molar-refractivity contribution < 1.29 is 4.74 Å². The number of halogens is 1. The van der Waals surface area contributed by atoms with Crippen molar-refractivity contribution in [2.24, 2.45) is 17.1 Å². The monoisotopic (exact) mass is 500 g/mol. The Balaban J connectivity index is 1.64. The van der Waals surface area contributed by atoms with Crippen LogP contribution in [0.2, 0.25) is 5.02 Å². The second-order valence-electron chi connectivity index (χ2n) is 10.1. The number of pyridine rings is 1. The van der Waals surface area contributed by atoms with E-state index >= 15 is 0 Å². The van der Waals surface area contributed by atoms with Gasteiger partial charge < -0.3 is 15.4 Å². The molecule has 1 unspecified atom stereocenters. The normalized spacial score (nSPS) is 18.2. The third-order valence-electron chi connectivity index (χ3n) is 7.21. The van der Waals surface area contributed by atoms with Gasteiger partial charge in [0.25, 0.3) is 0 Å². The first-order valence-corrected chi connectivity index (χ1v) is 12.4. The summed E-state index contributed by atoms with van der Waals surface area (Å²) in [6.45, 7) is 4.45. The second-order valence-corrected chi connectivity index (χ2v) is 10.5. The van der Waals surface area contributed by atoms with E-state index in [0.29, 0.717) is 22.4 Å². The molecule has 2 aliphatic rings. The van der Waals surface area contributed by atoms with Crippen LogP contribution in [0, 0.1) is 22.7 Å². The van der Waals surface area contributed by atoms with E-state index in [-0.39, 0.29) is 11.3 Å². The average molecular weight is 501 g/mol. The lowest BCUT2D eigenvalue weighted by Crippen LogP contribution is -2.34. The molecule has 1 aliphatic carbocycles. The quantitative estimate of drug-likeness (QED) is 0.473. The van der Waals surface area contributed by atoms with Crippen LogP contribution in [0.4, 0.5) is 0 Å². The molecule has 0 spiro atoms. The van der Waals surface area contributed by atoms with Crippen molar-refractivity contribution in [2.45, 2.75) is 32.6 Å². The number of aromatic nitrogens is 3. The molecule has 7 nitrogen and oxygen atoms in total. The van der Waals surface area contributed by atoms with Crippen LogP contribution in [0.25, 0.3) is 17.2 Å². The molecule has 2 aromatic heterocycles. The topological polar surface area (TPSA) is 93.0 Å². The minimum absolute atomic E-state index is 0.119. The van der Waals surface area contributed by atoms with Crippen LogP contribution in [0.15, 0.2) is 77.9 Å². The highest BCUT2D eigenvalue weighted by molar-refractivity contribution is 6.31. The number of nitriles is 1. The van der Waals surface area contributed by atoms with Gasteiger partial charge in [0.1, 0.15) is 17.3 Å². The van der Waals surface area contributed by atoms with E-state index in [9.17, 15) is 5.26 Å². The lowest BCUT2D eigenvalue weighted by atomic mass is 9.68. The summed E-state index contributed by atoms with van der Waals surface area (Å²) in [5.41, 5.74) is 9.95. The smallest absolute Gasteiger partial charge is 0.207 e. The maximum atomic E-state index is 10.1. The summed E-state index contributed by atoms with van der Waals surface area (Å²) < 4.78 is 8.00. The molecule has 36 heavy (non-hydrogen) atoms. The van der Waals surface area contributed by atoms with Crippen molar-refractivity contribution in [3.8, 4) is 23.3 Å². The predicted molar refractivity (Wildman–Crippen MR) is 140 cm³/mol. The molecule has 1 aromatic carbocycles. The fourth-order valence-corrected chi connectivity index (χ4v) is 5.44. The van der Waals surface area contributed by atoms with Crippen LogP contribution in [-0.2, 0) is 4.74 Å². The third kappa shape index (κ3) is 4.02. The van der Waals surface area contributed by atoms with Gasteiger partial charge in [-0.3, -0.25) is 9.55 Å². The number of ether oxygens (including phenoxy) is 1. The molecule has 5 rings (SSSR count). The van der Waals surface area contributed by atoms with Gasteiger partial charge in [-0.25, -0.2) is 4.98 Å². The molecule has 3 heterocycles. The van der Waals surface area contributed by atoms with Crippen molar-refractivity contribution in [1.29, 1.82) is 5.26 Å². The molecular weight excluding hydrogens is 472 g/mol. The van der Waals surface area contributed by atoms with Crippen molar-refractivity contribution >= 4 is 11.6 Å². The second kappa shape index (κ2) is 9.03. The number of hydrogen-bond donors (Lipinski definition) is 1. The van der Waals surface area contributed by atoms with Crippen molar-refractivity contribution in [1.82, 2.24) is 19.4 Å². The van der Waals surface area contributed by atoms with Crippen LogP contribution < -0.4 is 5.73 Å². The minimum atomic E-state index is -0.406. The van der Waals surface area contributed by atoms with Crippen molar-refractivity contribution in [3.05, 3.63) is 88.5 Å². The molecule has 0 saturated heterocycles. The number of rotatable bonds is 6. The van der Waals surface area contributed by atoms with Gasteiger partial charge in [-0.05, 0) is 54.0 Å². The number of imidazole rings is 1.